The summed E-state index contributed by atoms with van der Waals surface area (Å²) < 4.78 is 5.73. The molecule has 0 unspecified atom stereocenters. The van der Waals surface area contributed by atoms with Gasteiger partial charge in [0.25, 0.3) is 0 Å². The Kier molecular flexibility index (Phi) is 3.66. The molecule has 1 saturated carbocycles. The van der Waals surface area contributed by atoms with Gasteiger partial charge in [-0.25, -0.2) is 0 Å². The van der Waals surface area contributed by atoms with Crippen molar-refractivity contribution in [3.8, 4) is 0 Å². The molecular formula is C13H17ClO. The van der Waals surface area contributed by atoms with Crippen LogP contribution in [0.15, 0.2) is 30.3 Å². The van der Waals surface area contributed by atoms with Crippen molar-refractivity contribution in [2.45, 2.75) is 25.9 Å². The van der Waals surface area contributed by atoms with Crippen LogP contribution in [0.2, 0.25) is 0 Å². The second kappa shape index (κ2) is 5.00. The van der Waals surface area contributed by atoms with Gasteiger partial charge in [-0.05, 0) is 18.4 Å². The van der Waals surface area contributed by atoms with Crippen LogP contribution in [0.25, 0.3) is 0 Å². The van der Waals surface area contributed by atoms with Gasteiger partial charge in [0.15, 0.2) is 0 Å². The molecule has 2 rings (SSSR count). The molecular weight excluding hydrogens is 208 g/mol. The minimum absolute atomic E-state index is 0.288. The van der Waals surface area contributed by atoms with E-state index in [1.807, 2.05) is 18.2 Å². The molecule has 15 heavy (non-hydrogen) atoms. The molecule has 0 bridgehead atoms. The zero-order valence-electron chi connectivity index (χ0n) is 8.92. The quantitative estimate of drug-likeness (QED) is 0.695. The molecule has 2 heteroatoms. The Balaban J connectivity index is 1.75. The van der Waals surface area contributed by atoms with Crippen molar-refractivity contribution in [1.82, 2.24) is 0 Å². The molecule has 1 aliphatic rings. The number of ether oxygens (including phenoxy) is 1. The second-order valence-electron chi connectivity index (χ2n) is 4.47. The van der Waals surface area contributed by atoms with E-state index in [4.69, 9.17) is 16.3 Å². The average molecular weight is 225 g/mol. The van der Waals surface area contributed by atoms with Crippen molar-refractivity contribution in [3.05, 3.63) is 35.9 Å². The maximum absolute atomic E-state index is 5.96. The summed E-state index contributed by atoms with van der Waals surface area (Å²) in [7, 11) is 0. The predicted molar refractivity (Wildman–Crippen MR) is 63.1 cm³/mol. The Morgan fingerprint density at radius 3 is 2.47 bits per heavy atom. The number of rotatable bonds is 5. The van der Waals surface area contributed by atoms with Crippen LogP contribution in [0.5, 0.6) is 0 Å². The zero-order valence-corrected chi connectivity index (χ0v) is 9.67. The van der Waals surface area contributed by atoms with Crippen LogP contribution in [0.3, 0.4) is 0 Å². The van der Waals surface area contributed by atoms with E-state index in [0.29, 0.717) is 6.61 Å². The first-order valence-corrected chi connectivity index (χ1v) is 6.06. The second-order valence-corrected chi connectivity index (χ2v) is 4.73. The molecule has 0 spiro atoms. The van der Waals surface area contributed by atoms with Crippen LogP contribution in [0.1, 0.15) is 24.8 Å². The molecule has 0 atom stereocenters. The molecule has 0 aliphatic heterocycles. The third kappa shape index (κ3) is 2.73. The van der Waals surface area contributed by atoms with Crippen molar-refractivity contribution in [1.29, 1.82) is 0 Å². The van der Waals surface area contributed by atoms with E-state index in [2.05, 4.69) is 12.1 Å². The minimum atomic E-state index is 0.288. The van der Waals surface area contributed by atoms with Gasteiger partial charge in [-0.2, -0.15) is 0 Å². The molecule has 1 nitrogen and oxygen atoms in total. The summed E-state index contributed by atoms with van der Waals surface area (Å²) in [6, 6.07) is 10.3. The van der Waals surface area contributed by atoms with Crippen LogP contribution in [-0.4, -0.2) is 12.5 Å². The van der Waals surface area contributed by atoms with Crippen LogP contribution in [-0.2, 0) is 11.3 Å². The SMILES string of the molecule is ClCC1(COCc2ccccc2)CCC1. The van der Waals surface area contributed by atoms with Crippen LogP contribution in [0.4, 0.5) is 0 Å². The summed E-state index contributed by atoms with van der Waals surface area (Å²) in [6.07, 6.45) is 3.76. The summed E-state index contributed by atoms with van der Waals surface area (Å²) in [6.45, 7) is 1.52. The molecule has 1 aromatic carbocycles. The molecule has 82 valence electrons. The highest BCUT2D eigenvalue weighted by Gasteiger charge is 2.36. The number of alkyl halides is 1. The number of benzene rings is 1. The normalized spacial score (nSPS) is 18.5. The van der Waals surface area contributed by atoms with Gasteiger partial charge < -0.3 is 4.74 Å². The summed E-state index contributed by atoms with van der Waals surface area (Å²) in [4.78, 5) is 0. The third-order valence-electron chi connectivity index (χ3n) is 3.22. The fourth-order valence-corrected chi connectivity index (χ4v) is 2.30. The zero-order chi connectivity index (χ0) is 10.6. The molecule has 0 N–H and O–H groups in total. The summed E-state index contributed by atoms with van der Waals surface area (Å²) >= 11 is 5.96. The van der Waals surface area contributed by atoms with Crippen molar-refractivity contribution in [2.24, 2.45) is 5.41 Å². The molecule has 0 aromatic heterocycles. The van der Waals surface area contributed by atoms with Crippen molar-refractivity contribution >= 4 is 11.6 Å². The molecule has 1 fully saturated rings. The molecule has 1 aromatic rings. The Hall–Kier alpha value is -0.530. The highest BCUT2D eigenvalue weighted by Crippen LogP contribution is 2.42. The van der Waals surface area contributed by atoms with Gasteiger partial charge in [0.2, 0.25) is 0 Å². The van der Waals surface area contributed by atoms with Crippen LogP contribution >= 0.6 is 11.6 Å². The maximum atomic E-state index is 5.96. The lowest BCUT2D eigenvalue weighted by molar-refractivity contribution is 0.00109. The van der Waals surface area contributed by atoms with Gasteiger partial charge >= 0.3 is 0 Å². The smallest absolute Gasteiger partial charge is 0.0717 e. The van der Waals surface area contributed by atoms with E-state index < -0.39 is 0 Å². The van der Waals surface area contributed by atoms with Gasteiger partial charge in [0, 0.05) is 11.3 Å². The molecule has 0 heterocycles. The maximum Gasteiger partial charge on any atom is 0.0717 e. The topological polar surface area (TPSA) is 9.23 Å². The first-order valence-electron chi connectivity index (χ1n) is 5.52. The Morgan fingerprint density at radius 2 is 1.93 bits per heavy atom. The molecule has 0 saturated heterocycles. The molecule has 0 radical (unpaired) electrons. The van der Waals surface area contributed by atoms with E-state index in [-0.39, 0.29) is 5.41 Å². The summed E-state index contributed by atoms with van der Waals surface area (Å²) in [5.74, 6) is 0.738. The number of hydrogen-bond donors (Lipinski definition) is 0. The van der Waals surface area contributed by atoms with Crippen molar-refractivity contribution in [3.63, 3.8) is 0 Å². The standard InChI is InChI=1S/C13H17ClO/c14-10-13(7-4-8-13)11-15-9-12-5-2-1-3-6-12/h1-3,5-6H,4,7-11H2. The third-order valence-corrected chi connectivity index (χ3v) is 3.78. The largest absolute Gasteiger partial charge is 0.376 e. The van der Waals surface area contributed by atoms with Crippen LogP contribution < -0.4 is 0 Å². The van der Waals surface area contributed by atoms with Gasteiger partial charge in [-0.3, -0.25) is 0 Å². The summed E-state index contributed by atoms with van der Waals surface area (Å²) in [5.41, 5.74) is 1.53. The summed E-state index contributed by atoms with van der Waals surface area (Å²) in [5, 5.41) is 0. The van der Waals surface area contributed by atoms with Crippen LogP contribution in [0, 0.1) is 5.41 Å². The highest BCUT2D eigenvalue weighted by molar-refractivity contribution is 6.18. The fraction of sp³-hybridized carbons (Fsp3) is 0.538. The lowest BCUT2D eigenvalue weighted by Gasteiger charge is -2.39. The van der Waals surface area contributed by atoms with E-state index >= 15 is 0 Å². The van der Waals surface area contributed by atoms with Crippen molar-refractivity contribution < 1.29 is 4.74 Å². The monoisotopic (exact) mass is 224 g/mol. The molecule has 1 aliphatic carbocycles. The predicted octanol–water partition coefficient (Wildman–Crippen LogP) is 3.61. The van der Waals surface area contributed by atoms with E-state index in [1.54, 1.807) is 0 Å². The number of halogens is 1. The first kappa shape index (κ1) is 11.0. The van der Waals surface area contributed by atoms with E-state index in [0.717, 1.165) is 12.5 Å². The first-order chi connectivity index (χ1) is 7.35. The van der Waals surface area contributed by atoms with Gasteiger partial charge in [0.1, 0.15) is 0 Å². The highest BCUT2D eigenvalue weighted by atomic mass is 35.5. The minimum Gasteiger partial charge on any atom is -0.376 e. The molecule has 0 amide bonds. The van der Waals surface area contributed by atoms with E-state index in [9.17, 15) is 0 Å². The van der Waals surface area contributed by atoms with Gasteiger partial charge in [0.05, 0.1) is 13.2 Å². The fourth-order valence-electron chi connectivity index (χ4n) is 1.95. The Bertz CT molecular complexity index is 287. The van der Waals surface area contributed by atoms with Gasteiger partial charge in [-0.1, -0.05) is 36.8 Å². The lowest BCUT2D eigenvalue weighted by Crippen LogP contribution is -2.36. The van der Waals surface area contributed by atoms with Gasteiger partial charge in [-0.15, -0.1) is 11.6 Å². The Morgan fingerprint density at radius 1 is 1.20 bits per heavy atom. The Labute approximate surface area is 96.4 Å². The van der Waals surface area contributed by atoms with E-state index in [1.165, 1.54) is 24.8 Å². The van der Waals surface area contributed by atoms with Crippen molar-refractivity contribution in [2.75, 3.05) is 12.5 Å². The lowest BCUT2D eigenvalue weighted by atomic mass is 9.71. The number of hydrogen-bond acceptors (Lipinski definition) is 1. The average Bonchev–Trinajstić information content (AvgIpc) is 2.24.